The molecule has 2 heterocycles. The van der Waals surface area contributed by atoms with Crippen LogP contribution in [0.2, 0.25) is 0 Å². The second kappa shape index (κ2) is 11.6. The zero-order valence-corrected chi connectivity index (χ0v) is 21.0. The van der Waals surface area contributed by atoms with Gasteiger partial charge in [0.05, 0.1) is 32.3 Å². The average Bonchev–Trinajstić information content (AvgIpc) is 3.21. The first-order valence-corrected chi connectivity index (χ1v) is 12.4. The third-order valence-electron chi connectivity index (χ3n) is 5.67. The molecule has 0 spiro atoms. The van der Waals surface area contributed by atoms with Gasteiger partial charge in [0.25, 0.3) is 5.56 Å². The number of aliphatic hydroxyl groups is 1. The minimum Gasteiger partial charge on any atom is -0.493 e. The van der Waals surface area contributed by atoms with E-state index in [2.05, 4.69) is 30.7 Å². The second-order valence-corrected chi connectivity index (χ2v) is 9.63. The average molecular weight is 474 g/mol. The summed E-state index contributed by atoms with van der Waals surface area (Å²) in [5.41, 5.74) is 1.55. The number of rotatable bonds is 12. The Hall–Kier alpha value is -2.42. The Balaban J connectivity index is 1.90. The Kier molecular flexibility index (Phi) is 8.88. The van der Waals surface area contributed by atoms with Crippen molar-refractivity contribution >= 4 is 21.6 Å². The Labute approximate surface area is 199 Å². The van der Waals surface area contributed by atoms with Crippen molar-refractivity contribution in [2.45, 2.75) is 52.7 Å². The van der Waals surface area contributed by atoms with Gasteiger partial charge in [-0.3, -0.25) is 9.69 Å². The molecule has 8 heteroatoms. The van der Waals surface area contributed by atoms with Crippen LogP contribution in [0.25, 0.3) is 21.3 Å². The van der Waals surface area contributed by atoms with E-state index < -0.39 is 0 Å². The lowest BCUT2D eigenvalue weighted by Crippen LogP contribution is -2.34. The molecule has 0 aliphatic heterocycles. The predicted molar refractivity (Wildman–Crippen MR) is 134 cm³/mol. The molecule has 2 aromatic heterocycles. The summed E-state index contributed by atoms with van der Waals surface area (Å²) in [5.74, 6) is 2.44. The highest BCUT2D eigenvalue weighted by Crippen LogP contribution is 2.36. The largest absolute Gasteiger partial charge is 0.493 e. The fourth-order valence-electron chi connectivity index (χ4n) is 3.89. The van der Waals surface area contributed by atoms with Crippen LogP contribution in [0, 0.1) is 5.92 Å². The van der Waals surface area contributed by atoms with Gasteiger partial charge in [0, 0.05) is 17.5 Å². The Morgan fingerprint density at radius 1 is 1.18 bits per heavy atom. The number of nitrogens with zero attached hydrogens (tertiary/aromatic N) is 2. The number of H-pyrrole nitrogens is 1. The molecule has 0 amide bonds. The number of hydrogen-bond donors (Lipinski definition) is 2. The van der Waals surface area contributed by atoms with Crippen LogP contribution in [-0.4, -0.2) is 53.4 Å². The van der Waals surface area contributed by atoms with E-state index in [0.29, 0.717) is 46.5 Å². The maximum Gasteiger partial charge on any atom is 0.260 e. The van der Waals surface area contributed by atoms with Crippen LogP contribution in [0.4, 0.5) is 0 Å². The summed E-state index contributed by atoms with van der Waals surface area (Å²) in [6.45, 7) is 8.37. The zero-order valence-electron chi connectivity index (χ0n) is 20.2. The number of aliphatic hydroxyl groups excluding tert-OH is 1. The first kappa shape index (κ1) is 25.2. The SMILES string of the molecule is CCC[C@@H](O)CN(CCC(C)C)Cc1nc2scc(-c3ccc(OC)c(OC)c3)c2c(=O)[nH]1. The van der Waals surface area contributed by atoms with Gasteiger partial charge in [-0.1, -0.05) is 33.3 Å². The van der Waals surface area contributed by atoms with Gasteiger partial charge in [-0.15, -0.1) is 11.3 Å². The van der Waals surface area contributed by atoms with E-state index in [1.807, 2.05) is 23.6 Å². The Morgan fingerprint density at radius 2 is 1.94 bits per heavy atom. The van der Waals surface area contributed by atoms with Crippen LogP contribution in [0.1, 0.15) is 45.9 Å². The van der Waals surface area contributed by atoms with Crippen LogP contribution < -0.4 is 15.0 Å². The third-order valence-corrected chi connectivity index (χ3v) is 6.55. The first-order chi connectivity index (χ1) is 15.9. The summed E-state index contributed by atoms with van der Waals surface area (Å²) >= 11 is 1.46. The highest BCUT2D eigenvalue weighted by molar-refractivity contribution is 7.17. The smallest absolute Gasteiger partial charge is 0.260 e. The lowest BCUT2D eigenvalue weighted by molar-refractivity contribution is 0.0968. The predicted octanol–water partition coefficient (Wildman–Crippen LogP) is 4.68. The summed E-state index contributed by atoms with van der Waals surface area (Å²) in [6.07, 6.45) is 2.35. The lowest BCUT2D eigenvalue weighted by atomic mass is 10.1. The molecule has 0 saturated heterocycles. The van der Waals surface area contributed by atoms with Crippen molar-refractivity contribution in [3.63, 3.8) is 0 Å². The van der Waals surface area contributed by atoms with Crippen LogP contribution in [-0.2, 0) is 6.54 Å². The number of nitrogens with one attached hydrogen (secondary N) is 1. The highest BCUT2D eigenvalue weighted by atomic mass is 32.1. The van der Waals surface area contributed by atoms with E-state index >= 15 is 0 Å². The topological polar surface area (TPSA) is 87.7 Å². The Morgan fingerprint density at radius 3 is 2.61 bits per heavy atom. The van der Waals surface area contributed by atoms with Crippen molar-refractivity contribution in [1.82, 2.24) is 14.9 Å². The van der Waals surface area contributed by atoms with E-state index in [1.54, 1.807) is 14.2 Å². The molecule has 0 aliphatic rings. The maximum atomic E-state index is 13.1. The summed E-state index contributed by atoms with van der Waals surface area (Å²) in [5, 5.41) is 12.9. The van der Waals surface area contributed by atoms with E-state index in [9.17, 15) is 9.90 Å². The minimum atomic E-state index is -0.379. The summed E-state index contributed by atoms with van der Waals surface area (Å²) < 4.78 is 10.7. The number of aromatic nitrogens is 2. The summed E-state index contributed by atoms with van der Waals surface area (Å²) in [6, 6.07) is 5.62. The molecule has 0 radical (unpaired) electrons. The molecular formula is C25H35N3O4S. The van der Waals surface area contributed by atoms with E-state index in [0.717, 1.165) is 36.9 Å². The number of hydrogen-bond acceptors (Lipinski definition) is 7. The number of ether oxygens (including phenoxy) is 2. The van der Waals surface area contributed by atoms with E-state index in [1.165, 1.54) is 11.3 Å². The Bertz CT molecular complexity index is 1110. The van der Waals surface area contributed by atoms with Crippen LogP contribution >= 0.6 is 11.3 Å². The third kappa shape index (κ3) is 6.34. The summed E-state index contributed by atoms with van der Waals surface area (Å²) in [7, 11) is 3.19. The molecule has 0 fully saturated rings. The number of thiophene rings is 1. The number of methoxy groups -OCH3 is 2. The van der Waals surface area contributed by atoms with Crippen LogP contribution in [0.3, 0.4) is 0 Å². The van der Waals surface area contributed by atoms with E-state index in [-0.39, 0.29) is 11.7 Å². The number of aromatic amines is 1. The quantitative estimate of drug-likeness (QED) is 0.397. The fourth-order valence-corrected chi connectivity index (χ4v) is 4.86. The van der Waals surface area contributed by atoms with Crippen molar-refractivity contribution < 1.29 is 14.6 Å². The second-order valence-electron chi connectivity index (χ2n) is 8.77. The van der Waals surface area contributed by atoms with Gasteiger partial charge in [-0.05, 0) is 43.0 Å². The molecule has 2 N–H and O–H groups in total. The minimum absolute atomic E-state index is 0.154. The molecule has 0 unspecified atom stereocenters. The number of benzene rings is 1. The lowest BCUT2D eigenvalue weighted by Gasteiger charge is -2.25. The molecule has 180 valence electrons. The van der Waals surface area contributed by atoms with E-state index in [4.69, 9.17) is 14.5 Å². The standard InChI is InChI=1S/C25H35N3O4S/c1-6-7-18(29)13-28(11-10-16(2)3)14-22-26-24(30)23-19(15-33-25(23)27-22)17-8-9-20(31-4)21(12-17)32-5/h8-9,12,15-16,18,29H,6-7,10-11,13-14H2,1-5H3,(H,26,27,30)/t18-/m1/s1. The number of fused-ring (bicyclic) bond motifs is 1. The van der Waals surface area contributed by atoms with Crippen molar-refractivity contribution in [3.8, 4) is 22.6 Å². The fraction of sp³-hybridized carbons (Fsp3) is 0.520. The molecule has 0 bridgehead atoms. The van der Waals surface area contributed by atoms with Crippen molar-refractivity contribution in [3.05, 3.63) is 39.8 Å². The normalized spacial score (nSPS) is 12.6. The van der Waals surface area contributed by atoms with Gasteiger partial charge >= 0.3 is 0 Å². The van der Waals surface area contributed by atoms with Gasteiger partial charge in [0.2, 0.25) is 0 Å². The summed E-state index contributed by atoms with van der Waals surface area (Å²) in [4.78, 5) is 23.7. The van der Waals surface area contributed by atoms with Gasteiger partial charge in [-0.2, -0.15) is 0 Å². The maximum absolute atomic E-state index is 13.1. The molecule has 1 aromatic carbocycles. The molecule has 3 aromatic rings. The van der Waals surface area contributed by atoms with Gasteiger partial charge < -0.3 is 19.6 Å². The van der Waals surface area contributed by atoms with Crippen molar-refractivity contribution in [1.29, 1.82) is 0 Å². The van der Waals surface area contributed by atoms with Gasteiger partial charge in [-0.25, -0.2) is 4.98 Å². The molecule has 0 saturated carbocycles. The molecule has 0 aliphatic carbocycles. The molecule has 1 atom stereocenters. The zero-order chi connectivity index (χ0) is 24.0. The van der Waals surface area contributed by atoms with Crippen LogP contribution in [0.5, 0.6) is 11.5 Å². The first-order valence-electron chi connectivity index (χ1n) is 11.5. The van der Waals surface area contributed by atoms with Crippen molar-refractivity contribution in [2.75, 3.05) is 27.3 Å². The molecule has 33 heavy (non-hydrogen) atoms. The van der Waals surface area contributed by atoms with Gasteiger partial charge in [0.15, 0.2) is 11.5 Å². The van der Waals surface area contributed by atoms with Crippen LogP contribution in [0.15, 0.2) is 28.4 Å². The monoisotopic (exact) mass is 473 g/mol. The molecular weight excluding hydrogens is 438 g/mol. The van der Waals surface area contributed by atoms with Gasteiger partial charge in [0.1, 0.15) is 10.7 Å². The molecule has 3 rings (SSSR count). The molecule has 7 nitrogen and oxygen atoms in total. The highest BCUT2D eigenvalue weighted by Gasteiger charge is 2.18. The van der Waals surface area contributed by atoms with Crippen molar-refractivity contribution in [2.24, 2.45) is 5.92 Å².